The molecule has 0 spiro atoms. The highest BCUT2D eigenvalue weighted by Crippen LogP contribution is 2.14. The van der Waals surface area contributed by atoms with Gasteiger partial charge in [0.15, 0.2) is 6.10 Å². The Balaban J connectivity index is 4.46. The van der Waals surface area contributed by atoms with Crippen molar-refractivity contribution in [2.45, 2.75) is 252 Å². The molecule has 0 amide bonds. The number of allylic oxidation sites excluding steroid dienone is 20. The monoisotopic (exact) mass is 969 g/mol. The van der Waals surface area contributed by atoms with Gasteiger partial charge in [0.1, 0.15) is 13.2 Å². The van der Waals surface area contributed by atoms with E-state index in [-0.39, 0.29) is 31.1 Å². The van der Waals surface area contributed by atoms with Crippen LogP contribution in [0.1, 0.15) is 245 Å². The first-order valence-electron chi connectivity index (χ1n) is 28.5. The highest BCUT2D eigenvalue weighted by atomic mass is 16.6. The van der Waals surface area contributed by atoms with E-state index in [0.29, 0.717) is 19.3 Å². The van der Waals surface area contributed by atoms with E-state index in [4.69, 9.17) is 14.2 Å². The molecule has 0 saturated heterocycles. The SMILES string of the molecule is CC/C=C\C/C=C\C/C=C\C/C=C\C/C=C\CCCCCCCC(=O)OCC(COC(=O)CCCCC/C=C\C/C=C\C/C=C\CC)OC(=O)CCCCCCCCC/C=C\C/C=C\CCCCCC. The van der Waals surface area contributed by atoms with E-state index in [1.54, 1.807) is 0 Å². The Morgan fingerprint density at radius 1 is 0.300 bits per heavy atom. The van der Waals surface area contributed by atoms with Crippen LogP contribution in [0, 0.1) is 0 Å². The van der Waals surface area contributed by atoms with E-state index < -0.39 is 6.10 Å². The molecule has 0 aromatic rings. The van der Waals surface area contributed by atoms with Crippen molar-refractivity contribution in [3.05, 3.63) is 122 Å². The average molecular weight is 970 g/mol. The van der Waals surface area contributed by atoms with Crippen molar-refractivity contribution in [3.63, 3.8) is 0 Å². The molecule has 0 aromatic carbocycles. The predicted octanol–water partition coefficient (Wildman–Crippen LogP) is 19.3. The van der Waals surface area contributed by atoms with Crippen LogP contribution >= 0.6 is 0 Å². The van der Waals surface area contributed by atoms with Gasteiger partial charge < -0.3 is 14.2 Å². The van der Waals surface area contributed by atoms with Crippen LogP contribution in [0.2, 0.25) is 0 Å². The molecule has 0 bridgehead atoms. The molecule has 0 rings (SSSR count). The second-order valence-corrected chi connectivity index (χ2v) is 18.4. The molecular formula is C64H104O6. The molecule has 0 aliphatic rings. The van der Waals surface area contributed by atoms with Gasteiger partial charge in [-0.05, 0) is 128 Å². The third kappa shape index (κ3) is 54.7. The van der Waals surface area contributed by atoms with Gasteiger partial charge in [0, 0.05) is 19.3 Å². The zero-order valence-electron chi connectivity index (χ0n) is 45.2. The Hall–Kier alpha value is -4.19. The highest BCUT2D eigenvalue weighted by molar-refractivity contribution is 5.71. The number of ether oxygens (including phenoxy) is 3. The molecule has 6 heteroatoms. The van der Waals surface area contributed by atoms with Crippen molar-refractivity contribution < 1.29 is 28.6 Å². The molecule has 1 atom stereocenters. The molecule has 0 fully saturated rings. The number of esters is 3. The van der Waals surface area contributed by atoms with E-state index in [2.05, 4.69) is 142 Å². The van der Waals surface area contributed by atoms with Crippen molar-refractivity contribution in [1.82, 2.24) is 0 Å². The Morgan fingerprint density at radius 3 is 0.886 bits per heavy atom. The molecule has 396 valence electrons. The Kier molecular flexibility index (Phi) is 54.0. The minimum atomic E-state index is -0.807. The zero-order chi connectivity index (χ0) is 50.7. The van der Waals surface area contributed by atoms with Crippen LogP contribution in [-0.4, -0.2) is 37.2 Å². The molecule has 6 nitrogen and oxygen atoms in total. The van der Waals surface area contributed by atoms with Crippen molar-refractivity contribution in [2.75, 3.05) is 13.2 Å². The fourth-order valence-corrected chi connectivity index (χ4v) is 7.45. The van der Waals surface area contributed by atoms with E-state index in [1.807, 2.05) is 0 Å². The number of unbranched alkanes of at least 4 members (excludes halogenated alkanes) is 19. The summed E-state index contributed by atoms with van der Waals surface area (Å²) in [6.45, 7) is 6.34. The van der Waals surface area contributed by atoms with Crippen LogP contribution in [0.15, 0.2) is 122 Å². The predicted molar refractivity (Wildman–Crippen MR) is 302 cm³/mol. The summed E-state index contributed by atoms with van der Waals surface area (Å²) in [5, 5.41) is 0. The van der Waals surface area contributed by atoms with Gasteiger partial charge in [0.05, 0.1) is 0 Å². The van der Waals surface area contributed by atoms with Gasteiger partial charge in [-0.25, -0.2) is 0 Å². The Bertz CT molecular complexity index is 1490. The van der Waals surface area contributed by atoms with E-state index >= 15 is 0 Å². The van der Waals surface area contributed by atoms with Gasteiger partial charge in [-0.15, -0.1) is 0 Å². The summed E-state index contributed by atoms with van der Waals surface area (Å²) in [7, 11) is 0. The van der Waals surface area contributed by atoms with Gasteiger partial charge in [-0.1, -0.05) is 219 Å². The lowest BCUT2D eigenvalue weighted by molar-refractivity contribution is -0.167. The van der Waals surface area contributed by atoms with Crippen molar-refractivity contribution in [3.8, 4) is 0 Å². The zero-order valence-corrected chi connectivity index (χ0v) is 45.2. The van der Waals surface area contributed by atoms with Crippen LogP contribution in [0.5, 0.6) is 0 Å². The molecule has 0 radical (unpaired) electrons. The summed E-state index contributed by atoms with van der Waals surface area (Å²) in [6, 6.07) is 0. The fraction of sp³-hybridized carbons (Fsp3) is 0.641. The normalized spacial score (nSPS) is 13.0. The van der Waals surface area contributed by atoms with Gasteiger partial charge in [0.2, 0.25) is 0 Å². The summed E-state index contributed by atoms with van der Waals surface area (Å²) >= 11 is 0. The van der Waals surface area contributed by atoms with Crippen molar-refractivity contribution in [1.29, 1.82) is 0 Å². The fourth-order valence-electron chi connectivity index (χ4n) is 7.45. The van der Waals surface area contributed by atoms with Gasteiger partial charge in [-0.2, -0.15) is 0 Å². The Labute approximate surface area is 431 Å². The summed E-state index contributed by atoms with van der Waals surface area (Å²) in [4.78, 5) is 38.1. The minimum absolute atomic E-state index is 0.104. The van der Waals surface area contributed by atoms with E-state index in [0.717, 1.165) is 148 Å². The van der Waals surface area contributed by atoms with Gasteiger partial charge in [-0.3, -0.25) is 14.4 Å². The molecule has 0 aliphatic carbocycles. The molecule has 0 heterocycles. The van der Waals surface area contributed by atoms with Crippen LogP contribution < -0.4 is 0 Å². The van der Waals surface area contributed by atoms with E-state index in [9.17, 15) is 14.4 Å². The smallest absolute Gasteiger partial charge is 0.306 e. The van der Waals surface area contributed by atoms with Crippen LogP contribution in [0.25, 0.3) is 0 Å². The maximum Gasteiger partial charge on any atom is 0.306 e. The highest BCUT2D eigenvalue weighted by Gasteiger charge is 2.19. The Morgan fingerprint density at radius 2 is 0.557 bits per heavy atom. The molecule has 0 N–H and O–H groups in total. The molecule has 70 heavy (non-hydrogen) atoms. The molecule has 1 unspecified atom stereocenters. The number of rotatable bonds is 50. The van der Waals surface area contributed by atoms with Gasteiger partial charge in [0.25, 0.3) is 0 Å². The average Bonchev–Trinajstić information content (AvgIpc) is 3.36. The second-order valence-electron chi connectivity index (χ2n) is 18.4. The largest absolute Gasteiger partial charge is 0.462 e. The number of carbonyl (C=O) groups is 3. The summed E-state index contributed by atoms with van der Waals surface area (Å²) in [5.74, 6) is -0.961. The van der Waals surface area contributed by atoms with Crippen LogP contribution in [0.4, 0.5) is 0 Å². The minimum Gasteiger partial charge on any atom is -0.462 e. The number of hydrogen-bond acceptors (Lipinski definition) is 6. The third-order valence-corrected chi connectivity index (χ3v) is 11.7. The lowest BCUT2D eigenvalue weighted by Gasteiger charge is -2.18. The quantitative estimate of drug-likeness (QED) is 0.0262. The third-order valence-electron chi connectivity index (χ3n) is 11.7. The first kappa shape index (κ1) is 65.8. The lowest BCUT2D eigenvalue weighted by Crippen LogP contribution is -2.30. The van der Waals surface area contributed by atoms with Crippen molar-refractivity contribution in [2.24, 2.45) is 0 Å². The summed E-state index contributed by atoms with van der Waals surface area (Å²) in [6.07, 6.45) is 79.0. The topological polar surface area (TPSA) is 78.9 Å². The first-order valence-corrected chi connectivity index (χ1v) is 28.5. The lowest BCUT2D eigenvalue weighted by atomic mass is 10.1. The van der Waals surface area contributed by atoms with Crippen molar-refractivity contribution >= 4 is 17.9 Å². The summed E-state index contributed by atoms with van der Waals surface area (Å²) in [5.41, 5.74) is 0. The van der Waals surface area contributed by atoms with Crippen LogP contribution in [0.3, 0.4) is 0 Å². The van der Waals surface area contributed by atoms with Crippen LogP contribution in [-0.2, 0) is 28.6 Å². The molecular weight excluding hydrogens is 865 g/mol. The van der Waals surface area contributed by atoms with Gasteiger partial charge >= 0.3 is 17.9 Å². The first-order chi connectivity index (χ1) is 34.5. The summed E-state index contributed by atoms with van der Waals surface area (Å²) < 4.78 is 16.8. The molecule has 0 aliphatic heterocycles. The van der Waals surface area contributed by atoms with E-state index in [1.165, 1.54) is 57.8 Å². The standard InChI is InChI=1S/C64H104O6/c1-4-7-10-13-16-19-22-25-27-29-31-32-33-35-36-39-42-45-48-51-54-57-63(66)69-60-61(59-68-62(65)56-53-50-47-44-41-38-24-21-18-15-12-9-6-3)70-64(67)58-55-52-49-46-43-40-37-34-30-28-26-23-20-17-14-11-8-5-2/h7,9-10,12,16,18-21,23,25,27-28,30-32,35-36,38,41,61H,4-6,8,11,13-15,17,22,24,26,29,33-34,37,39-40,42-60H2,1-3H3/b10-7-,12-9-,19-16-,21-18-,23-20-,27-25-,30-28-,32-31-,36-35-,41-38-. The number of carbonyl (C=O) groups excluding carboxylic acids is 3. The second kappa shape index (κ2) is 57.4. The molecule has 0 saturated carbocycles. The maximum absolute atomic E-state index is 12.9. The molecule has 0 aromatic heterocycles. The maximum atomic E-state index is 12.9. The number of hydrogen-bond donors (Lipinski definition) is 0.